The van der Waals surface area contributed by atoms with Crippen molar-refractivity contribution in [2.75, 3.05) is 13.1 Å². The van der Waals surface area contributed by atoms with Crippen LogP contribution in [0.15, 0.2) is 54.6 Å². The number of likely N-dealkylation sites (tertiary alicyclic amines) is 1. The van der Waals surface area contributed by atoms with Gasteiger partial charge in [-0.1, -0.05) is 38.1 Å². The molecule has 3 amide bonds. The number of benzene rings is 2. The lowest BCUT2D eigenvalue weighted by Crippen LogP contribution is -2.55. The van der Waals surface area contributed by atoms with Crippen molar-refractivity contribution in [3.8, 4) is 0 Å². The third-order valence-electron chi connectivity index (χ3n) is 6.34. The lowest BCUT2D eigenvalue weighted by molar-refractivity contribution is -0.125. The van der Waals surface area contributed by atoms with Crippen molar-refractivity contribution >= 4 is 17.7 Å². The van der Waals surface area contributed by atoms with E-state index in [4.69, 9.17) is 0 Å². The number of hydrogen-bond acceptors (Lipinski definition) is 3. The monoisotopic (exact) mass is 453 g/mol. The van der Waals surface area contributed by atoms with E-state index in [1.165, 1.54) is 18.2 Å². The number of carbonyl (C=O) groups is 3. The largest absolute Gasteiger partial charge is 0.352 e. The summed E-state index contributed by atoms with van der Waals surface area (Å²) in [6.45, 7) is 6.87. The second kappa shape index (κ2) is 11.1. The van der Waals surface area contributed by atoms with E-state index in [2.05, 4.69) is 10.6 Å². The first-order chi connectivity index (χ1) is 15.8. The van der Waals surface area contributed by atoms with E-state index in [1.807, 2.05) is 26.8 Å². The lowest BCUT2D eigenvalue weighted by Gasteiger charge is -2.36. The molecular weight excluding hydrogens is 421 g/mol. The molecule has 33 heavy (non-hydrogen) atoms. The topological polar surface area (TPSA) is 78.5 Å². The Kier molecular flexibility index (Phi) is 8.20. The summed E-state index contributed by atoms with van der Waals surface area (Å²) in [6.07, 6.45) is 1.12. The second-order valence-corrected chi connectivity index (χ2v) is 9.00. The van der Waals surface area contributed by atoms with Crippen molar-refractivity contribution in [3.63, 3.8) is 0 Å². The van der Waals surface area contributed by atoms with Gasteiger partial charge in [0.25, 0.3) is 11.8 Å². The zero-order valence-electron chi connectivity index (χ0n) is 19.4. The smallest absolute Gasteiger partial charge is 0.253 e. The Hall–Kier alpha value is -3.22. The molecule has 0 aliphatic carbocycles. The van der Waals surface area contributed by atoms with Crippen LogP contribution in [0.4, 0.5) is 4.39 Å². The summed E-state index contributed by atoms with van der Waals surface area (Å²) in [6, 6.07) is 13.7. The van der Waals surface area contributed by atoms with Gasteiger partial charge in [0.1, 0.15) is 11.9 Å². The standard InChI is InChI=1S/C26H32FN3O3/c1-17(2)18(3)28-25(32)23(29-24(31)20-8-5-4-6-9-20)19-12-14-30(15-13-19)26(33)21-10-7-11-22(27)16-21/h4-11,16-19,23H,12-15H2,1-3H3,(H,28,32)(H,29,31)/t18-,23-/m1/s1. The van der Waals surface area contributed by atoms with Gasteiger partial charge in [-0.25, -0.2) is 4.39 Å². The Morgan fingerprint density at radius 3 is 2.15 bits per heavy atom. The van der Waals surface area contributed by atoms with Crippen molar-refractivity contribution in [2.45, 2.75) is 45.7 Å². The van der Waals surface area contributed by atoms with Gasteiger partial charge in [-0.2, -0.15) is 0 Å². The average Bonchev–Trinajstić information content (AvgIpc) is 2.82. The van der Waals surface area contributed by atoms with Crippen molar-refractivity contribution in [1.82, 2.24) is 15.5 Å². The van der Waals surface area contributed by atoms with Crippen LogP contribution in [0, 0.1) is 17.7 Å². The van der Waals surface area contributed by atoms with Gasteiger partial charge in [-0.15, -0.1) is 0 Å². The van der Waals surface area contributed by atoms with E-state index in [9.17, 15) is 18.8 Å². The number of carbonyl (C=O) groups excluding carboxylic acids is 3. The molecule has 1 heterocycles. The summed E-state index contributed by atoms with van der Waals surface area (Å²) in [5.41, 5.74) is 0.803. The first kappa shape index (κ1) is 24.4. The number of hydrogen-bond donors (Lipinski definition) is 2. The molecule has 0 saturated carbocycles. The Labute approximate surface area is 194 Å². The molecule has 3 rings (SSSR count). The second-order valence-electron chi connectivity index (χ2n) is 9.00. The number of piperidine rings is 1. The fourth-order valence-electron chi connectivity index (χ4n) is 3.93. The molecule has 2 aromatic rings. The van der Waals surface area contributed by atoms with Crippen LogP contribution in [0.1, 0.15) is 54.3 Å². The predicted molar refractivity (Wildman–Crippen MR) is 125 cm³/mol. The maximum atomic E-state index is 13.5. The van der Waals surface area contributed by atoms with E-state index in [0.29, 0.717) is 37.1 Å². The van der Waals surface area contributed by atoms with Crippen LogP contribution in [-0.4, -0.2) is 47.8 Å². The van der Waals surface area contributed by atoms with Gasteiger partial charge < -0.3 is 15.5 Å². The minimum atomic E-state index is -0.703. The number of halogens is 1. The summed E-state index contributed by atoms with van der Waals surface area (Å²) in [5.74, 6) is -1.05. The quantitative estimate of drug-likeness (QED) is 0.672. The Morgan fingerprint density at radius 2 is 1.55 bits per heavy atom. The predicted octanol–water partition coefficient (Wildman–Crippen LogP) is 3.64. The molecule has 176 valence electrons. The van der Waals surface area contributed by atoms with Gasteiger partial charge in [0, 0.05) is 30.3 Å². The molecule has 0 spiro atoms. The third-order valence-corrected chi connectivity index (χ3v) is 6.34. The highest BCUT2D eigenvalue weighted by Gasteiger charge is 2.35. The molecule has 1 aliphatic rings. The molecule has 0 radical (unpaired) electrons. The van der Waals surface area contributed by atoms with Gasteiger partial charge in [-0.05, 0) is 61.9 Å². The van der Waals surface area contributed by atoms with Crippen LogP contribution in [0.2, 0.25) is 0 Å². The summed E-state index contributed by atoms with van der Waals surface area (Å²) in [5, 5.41) is 5.95. The Balaban J connectivity index is 1.70. The fraction of sp³-hybridized carbons (Fsp3) is 0.423. The molecule has 2 atom stereocenters. The van der Waals surface area contributed by atoms with Crippen LogP contribution in [0.3, 0.4) is 0 Å². The fourth-order valence-corrected chi connectivity index (χ4v) is 3.93. The van der Waals surface area contributed by atoms with E-state index in [-0.39, 0.29) is 35.6 Å². The molecule has 1 fully saturated rings. The third kappa shape index (κ3) is 6.40. The van der Waals surface area contributed by atoms with Crippen molar-refractivity contribution < 1.29 is 18.8 Å². The summed E-state index contributed by atoms with van der Waals surface area (Å²) >= 11 is 0. The number of nitrogens with zero attached hydrogens (tertiary/aromatic N) is 1. The minimum absolute atomic E-state index is 0.0386. The van der Waals surface area contributed by atoms with Gasteiger partial charge >= 0.3 is 0 Å². The molecule has 1 aliphatic heterocycles. The normalized spacial score (nSPS) is 16.2. The molecule has 0 unspecified atom stereocenters. The number of nitrogens with one attached hydrogen (secondary N) is 2. The molecule has 7 heteroatoms. The van der Waals surface area contributed by atoms with Gasteiger partial charge in [-0.3, -0.25) is 14.4 Å². The van der Waals surface area contributed by atoms with Crippen molar-refractivity contribution in [1.29, 1.82) is 0 Å². The molecular formula is C26H32FN3O3. The summed E-state index contributed by atoms with van der Waals surface area (Å²) in [7, 11) is 0. The molecule has 1 saturated heterocycles. The zero-order chi connectivity index (χ0) is 24.0. The SMILES string of the molecule is CC(C)[C@@H](C)NC(=O)[C@H](NC(=O)c1ccccc1)C1CCN(C(=O)c2cccc(F)c2)CC1. The van der Waals surface area contributed by atoms with Crippen molar-refractivity contribution in [2.24, 2.45) is 11.8 Å². The van der Waals surface area contributed by atoms with E-state index >= 15 is 0 Å². The summed E-state index contributed by atoms with van der Waals surface area (Å²) in [4.78, 5) is 40.4. The minimum Gasteiger partial charge on any atom is -0.352 e. The maximum Gasteiger partial charge on any atom is 0.253 e. The first-order valence-corrected chi connectivity index (χ1v) is 11.5. The van der Waals surface area contributed by atoms with Crippen LogP contribution in [-0.2, 0) is 4.79 Å². The molecule has 2 N–H and O–H groups in total. The first-order valence-electron chi connectivity index (χ1n) is 11.5. The Morgan fingerprint density at radius 1 is 0.909 bits per heavy atom. The van der Waals surface area contributed by atoms with Crippen LogP contribution in [0.25, 0.3) is 0 Å². The number of amides is 3. The van der Waals surface area contributed by atoms with E-state index in [1.54, 1.807) is 35.2 Å². The highest BCUT2D eigenvalue weighted by molar-refractivity contribution is 5.97. The van der Waals surface area contributed by atoms with Gasteiger partial charge in [0.2, 0.25) is 5.91 Å². The highest BCUT2D eigenvalue weighted by Crippen LogP contribution is 2.23. The molecule has 2 aromatic carbocycles. The maximum absolute atomic E-state index is 13.5. The average molecular weight is 454 g/mol. The number of rotatable bonds is 7. The molecule has 0 bridgehead atoms. The van der Waals surface area contributed by atoms with Gasteiger partial charge in [0.05, 0.1) is 0 Å². The molecule has 0 aromatic heterocycles. The van der Waals surface area contributed by atoms with E-state index in [0.717, 1.165) is 0 Å². The van der Waals surface area contributed by atoms with Crippen LogP contribution in [0.5, 0.6) is 0 Å². The Bertz CT molecular complexity index is 972. The van der Waals surface area contributed by atoms with Crippen LogP contribution >= 0.6 is 0 Å². The summed E-state index contributed by atoms with van der Waals surface area (Å²) < 4.78 is 13.5. The van der Waals surface area contributed by atoms with E-state index < -0.39 is 11.9 Å². The van der Waals surface area contributed by atoms with Crippen LogP contribution < -0.4 is 10.6 Å². The zero-order valence-corrected chi connectivity index (χ0v) is 19.4. The van der Waals surface area contributed by atoms with Crippen molar-refractivity contribution in [3.05, 3.63) is 71.5 Å². The van der Waals surface area contributed by atoms with Gasteiger partial charge in [0.15, 0.2) is 0 Å². The molecule has 6 nitrogen and oxygen atoms in total. The highest BCUT2D eigenvalue weighted by atomic mass is 19.1. The lowest BCUT2D eigenvalue weighted by atomic mass is 9.87.